The van der Waals surface area contributed by atoms with Gasteiger partial charge in [-0.3, -0.25) is 9.37 Å². The van der Waals surface area contributed by atoms with Crippen LogP contribution in [-0.2, 0) is 19.4 Å². The lowest BCUT2D eigenvalue weighted by atomic mass is 10.00. The zero-order valence-electron chi connectivity index (χ0n) is 17.5. The Bertz CT molecular complexity index is 1010. The molecule has 1 aromatic carbocycles. The van der Waals surface area contributed by atoms with E-state index >= 15 is 0 Å². The second-order valence-corrected chi connectivity index (χ2v) is 7.40. The van der Waals surface area contributed by atoms with Gasteiger partial charge in [0, 0.05) is 43.8 Å². The topological polar surface area (TPSA) is 80.9 Å². The number of aryl methyl sites for hydroxylation is 1. The van der Waals surface area contributed by atoms with Gasteiger partial charge in [-0.2, -0.15) is 5.10 Å². The highest BCUT2D eigenvalue weighted by molar-refractivity contribution is 5.95. The summed E-state index contributed by atoms with van der Waals surface area (Å²) in [7, 11) is 0. The first-order chi connectivity index (χ1) is 15.0. The number of aromatic nitrogens is 4. The number of rotatable bonds is 11. The fourth-order valence-corrected chi connectivity index (χ4v) is 3.34. The summed E-state index contributed by atoms with van der Waals surface area (Å²) in [6.45, 7) is 2.07. The molecule has 0 bridgehead atoms. The van der Waals surface area contributed by atoms with E-state index in [-0.39, 0.29) is 18.4 Å². The number of alkyl halides is 2. The molecule has 2 heterocycles. The maximum atomic E-state index is 13.8. The van der Waals surface area contributed by atoms with E-state index in [9.17, 15) is 18.7 Å². The Labute approximate surface area is 180 Å². The number of carboxylic acids is 1. The molecule has 1 atom stereocenters. The molecular weight excluding hydrogens is 402 g/mol. The van der Waals surface area contributed by atoms with Crippen LogP contribution < -0.4 is 0 Å². The summed E-state index contributed by atoms with van der Waals surface area (Å²) in [5, 5.41) is 13.8. The number of hydrogen-bond donors (Lipinski definition) is 1. The molecule has 0 aliphatic carbocycles. The van der Waals surface area contributed by atoms with Gasteiger partial charge in [0.15, 0.2) is 5.82 Å². The normalized spacial score (nSPS) is 12.1. The maximum absolute atomic E-state index is 13.8. The fraction of sp³-hybridized carbons (Fsp3) is 0.391. The number of carbonyl (C=O) groups is 1. The molecule has 3 aromatic rings. The van der Waals surface area contributed by atoms with Crippen molar-refractivity contribution in [1.82, 2.24) is 19.7 Å². The zero-order valence-corrected chi connectivity index (χ0v) is 17.5. The van der Waals surface area contributed by atoms with Gasteiger partial charge in [0.2, 0.25) is 0 Å². The highest BCUT2D eigenvalue weighted by Gasteiger charge is 2.16. The average molecular weight is 428 g/mol. The second-order valence-electron chi connectivity index (χ2n) is 7.40. The molecule has 0 saturated carbocycles. The lowest BCUT2D eigenvalue weighted by Gasteiger charge is -2.08. The van der Waals surface area contributed by atoms with Gasteiger partial charge in [-0.1, -0.05) is 37.6 Å². The molecular formula is C23H26F2N4O2. The molecule has 3 rings (SSSR count). The van der Waals surface area contributed by atoms with Crippen LogP contribution in [0.15, 0.2) is 42.7 Å². The van der Waals surface area contributed by atoms with Gasteiger partial charge in [0.1, 0.15) is 12.0 Å². The number of hydrogen-bond acceptors (Lipinski definition) is 4. The van der Waals surface area contributed by atoms with E-state index < -0.39 is 18.8 Å². The number of halogens is 2. The van der Waals surface area contributed by atoms with Gasteiger partial charge < -0.3 is 5.11 Å². The van der Waals surface area contributed by atoms with Crippen molar-refractivity contribution in [2.75, 3.05) is 6.67 Å². The van der Waals surface area contributed by atoms with Crippen molar-refractivity contribution in [3.63, 3.8) is 0 Å². The van der Waals surface area contributed by atoms with Crippen molar-refractivity contribution in [1.29, 1.82) is 0 Å². The zero-order chi connectivity index (χ0) is 22.2. The minimum absolute atomic E-state index is 0.00789. The van der Waals surface area contributed by atoms with E-state index in [1.54, 1.807) is 4.68 Å². The van der Waals surface area contributed by atoms with Crippen LogP contribution in [0.2, 0.25) is 0 Å². The van der Waals surface area contributed by atoms with Gasteiger partial charge in [-0.15, -0.1) is 0 Å². The van der Waals surface area contributed by atoms with Gasteiger partial charge in [0.25, 0.3) is 0 Å². The number of nitrogens with zero attached hydrogens (tertiary/aromatic N) is 4. The minimum atomic E-state index is -1.29. The average Bonchev–Trinajstić information content (AvgIpc) is 3.13. The standard InChI is InChI=1S/C23H26F2N4O2/c1-2-3-12-29-22(27-21(28-29)14-18(25)8-10-24)13-16-4-6-17(7-5-16)20-15-26-11-9-19(20)23(30)31/h4-7,9,11,15,18H,2-3,8,10,12-14H2,1H3,(H,30,31). The quantitative estimate of drug-likeness (QED) is 0.480. The van der Waals surface area contributed by atoms with E-state index in [2.05, 4.69) is 22.0 Å². The first-order valence-corrected chi connectivity index (χ1v) is 10.4. The summed E-state index contributed by atoms with van der Waals surface area (Å²) in [4.78, 5) is 20.0. The van der Waals surface area contributed by atoms with Crippen LogP contribution in [0.25, 0.3) is 11.1 Å². The monoisotopic (exact) mass is 428 g/mol. The van der Waals surface area contributed by atoms with Crippen molar-refractivity contribution in [3.8, 4) is 11.1 Å². The first-order valence-electron chi connectivity index (χ1n) is 10.4. The third kappa shape index (κ3) is 5.93. The molecule has 0 aliphatic heterocycles. The molecule has 0 fully saturated rings. The minimum Gasteiger partial charge on any atom is -0.478 e. The van der Waals surface area contributed by atoms with Crippen LogP contribution >= 0.6 is 0 Å². The Kier molecular flexibility index (Phi) is 7.81. The third-order valence-corrected chi connectivity index (χ3v) is 5.02. The van der Waals surface area contributed by atoms with Gasteiger partial charge in [-0.25, -0.2) is 18.9 Å². The highest BCUT2D eigenvalue weighted by atomic mass is 19.1. The Morgan fingerprint density at radius 3 is 2.68 bits per heavy atom. The molecule has 0 amide bonds. The Balaban J connectivity index is 1.80. The number of benzene rings is 1. The van der Waals surface area contributed by atoms with Gasteiger partial charge >= 0.3 is 5.97 Å². The summed E-state index contributed by atoms with van der Waals surface area (Å²) in [6.07, 6.45) is 4.00. The van der Waals surface area contributed by atoms with Crippen LogP contribution in [0.4, 0.5) is 8.78 Å². The van der Waals surface area contributed by atoms with Gasteiger partial charge in [0.05, 0.1) is 12.2 Å². The molecule has 6 nitrogen and oxygen atoms in total. The Morgan fingerprint density at radius 1 is 1.23 bits per heavy atom. The molecule has 1 unspecified atom stereocenters. The molecule has 0 saturated heterocycles. The molecule has 0 radical (unpaired) electrons. The molecule has 1 N–H and O–H groups in total. The van der Waals surface area contributed by atoms with E-state index in [0.29, 0.717) is 24.4 Å². The van der Waals surface area contributed by atoms with Crippen molar-refractivity contribution >= 4 is 5.97 Å². The van der Waals surface area contributed by atoms with E-state index in [0.717, 1.165) is 29.8 Å². The van der Waals surface area contributed by atoms with Crippen molar-refractivity contribution in [2.45, 2.75) is 51.7 Å². The summed E-state index contributed by atoms with van der Waals surface area (Å²) < 4.78 is 28.0. The van der Waals surface area contributed by atoms with E-state index in [1.165, 1.54) is 18.5 Å². The molecule has 0 aliphatic rings. The largest absolute Gasteiger partial charge is 0.478 e. The first kappa shape index (κ1) is 22.5. The highest BCUT2D eigenvalue weighted by Crippen LogP contribution is 2.24. The van der Waals surface area contributed by atoms with E-state index in [1.807, 2.05) is 24.3 Å². The van der Waals surface area contributed by atoms with Crippen molar-refractivity contribution in [2.24, 2.45) is 0 Å². The lowest BCUT2D eigenvalue weighted by Crippen LogP contribution is -2.08. The number of carboxylic acid groups (broad SMARTS) is 1. The van der Waals surface area contributed by atoms with E-state index in [4.69, 9.17) is 0 Å². The smallest absolute Gasteiger partial charge is 0.336 e. The predicted molar refractivity (Wildman–Crippen MR) is 114 cm³/mol. The summed E-state index contributed by atoms with van der Waals surface area (Å²) in [6, 6.07) is 9.00. The van der Waals surface area contributed by atoms with Gasteiger partial charge in [-0.05, 0) is 23.6 Å². The van der Waals surface area contributed by atoms with Crippen LogP contribution in [0, 0.1) is 0 Å². The summed E-state index contributed by atoms with van der Waals surface area (Å²) in [5.74, 6) is 0.123. The Morgan fingerprint density at radius 2 is 2.00 bits per heavy atom. The molecule has 8 heteroatoms. The molecule has 164 valence electrons. The van der Waals surface area contributed by atoms with Crippen molar-refractivity contribution in [3.05, 3.63) is 65.5 Å². The predicted octanol–water partition coefficient (Wildman–Crippen LogP) is 4.67. The van der Waals surface area contributed by atoms with Crippen LogP contribution in [0.3, 0.4) is 0 Å². The molecule has 0 spiro atoms. The third-order valence-electron chi connectivity index (χ3n) is 5.02. The van der Waals surface area contributed by atoms with Crippen LogP contribution in [0.5, 0.6) is 0 Å². The molecule has 2 aromatic heterocycles. The van der Waals surface area contributed by atoms with Crippen LogP contribution in [0.1, 0.15) is 53.8 Å². The lowest BCUT2D eigenvalue weighted by molar-refractivity contribution is 0.0697. The summed E-state index contributed by atoms with van der Waals surface area (Å²) >= 11 is 0. The SMILES string of the molecule is CCCCn1nc(CC(F)CCF)nc1Cc1ccc(-c2cnccc2C(=O)O)cc1. The number of aromatic carboxylic acids is 1. The molecule has 31 heavy (non-hydrogen) atoms. The maximum Gasteiger partial charge on any atom is 0.336 e. The fourth-order valence-electron chi connectivity index (χ4n) is 3.34. The number of pyridine rings is 1. The second kappa shape index (κ2) is 10.7. The Hall–Kier alpha value is -3.16. The van der Waals surface area contributed by atoms with Crippen molar-refractivity contribution < 1.29 is 18.7 Å². The van der Waals surface area contributed by atoms with Crippen LogP contribution in [-0.4, -0.2) is 43.7 Å². The summed E-state index contributed by atoms with van der Waals surface area (Å²) in [5.41, 5.74) is 2.48. The number of unbranched alkanes of at least 4 members (excludes halogenated alkanes) is 1.